The molecule has 29 heavy (non-hydrogen) atoms. The molecule has 1 amide bonds. The van der Waals surface area contributed by atoms with Crippen molar-refractivity contribution in [3.63, 3.8) is 0 Å². The molecule has 0 aliphatic rings. The monoisotopic (exact) mass is 392 g/mol. The van der Waals surface area contributed by atoms with E-state index in [-0.39, 0.29) is 18.3 Å². The van der Waals surface area contributed by atoms with Gasteiger partial charge in [-0.2, -0.15) is 9.78 Å². The van der Waals surface area contributed by atoms with Crippen molar-refractivity contribution in [1.82, 2.24) is 19.7 Å². The number of amides is 1. The van der Waals surface area contributed by atoms with E-state index in [1.807, 2.05) is 63.2 Å². The van der Waals surface area contributed by atoms with Gasteiger partial charge in [-0.1, -0.05) is 55.0 Å². The van der Waals surface area contributed by atoms with Gasteiger partial charge in [0, 0.05) is 6.04 Å². The predicted molar refractivity (Wildman–Crippen MR) is 112 cm³/mol. The molecule has 0 bridgehead atoms. The van der Waals surface area contributed by atoms with Crippen LogP contribution in [0.1, 0.15) is 41.9 Å². The highest BCUT2D eigenvalue weighted by Crippen LogP contribution is 2.06. The molecule has 0 aliphatic heterocycles. The van der Waals surface area contributed by atoms with E-state index in [0.29, 0.717) is 12.1 Å². The molecule has 0 aliphatic carbocycles. The smallest absolute Gasteiger partial charge is 0.348 e. The molecule has 1 N–H and O–H groups in total. The third kappa shape index (κ3) is 4.51. The quantitative estimate of drug-likeness (QED) is 0.697. The average molecular weight is 392 g/mol. The molecule has 1 unspecified atom stereocenters. The first-order valence-electron chi connectivity index (χ1n) is 9.56. The topological polar surface area (TPSA) is 86.0 Å². The van der Waals surface area contributed by atoms with E-state index in [9.17, 15) is 14.4 Å². The number of benzene rings is 2. The molecular formula is C22H24N4O3. The highest BCUT2D eigenvalue weighted by atomic mass is 16.2. The number of rotatable bonds is 6. The number of aromatic nitrogens is 3. The van der Waals surface area contributed by atoms with Crippen molar-refractivity contribution in [2.24, 2.45) is 0 Å². The fourth-order valence-corrected chi connectivity index (χ4v) is 2.81. The van der Waals surface area contributed by atoms with Crippen LogP contribution in [0.15, 0.2) is 64.2 Å². The summed E-state index contributed by atoms with van der Waals surface area (Å²) in [4.78, 5) is 38.7. The van der Waals surface area contributed by atoms with Gasteiger partial charge in [-0.05, 0) is 38.0 Å². The Kier molecular flexibility index (Phi) is 6.07. The lowest BCUT2D eigenvalue weighted by molar-refractivity contribution is 0.0929. The Morgan fingerprint density at radius 3 is 2.34 bits per heavy atom. The second kappa shape index (κ2) is 8.68. The largest absolute Gasteiger partial charge is 0.352 e. The van der Waals surface area contributed by atoms with Crippen LogP contribution in [0.2, 0.25) is 0 Å². The summed E-state index contributed by atoms with van der Waals surface area (Å²) < 4.78 is 2.16. The Bertz CT molecular complexity index is 1120. The summed E-state index contributed by atoms with van der Waals surface area (Å²) in [6.07, 6.45) is 0.710. The molecule has 0 radical (unpaired) electrons. The first-order valence-corrected chi connectivity index (χ1v) is 9.56. The zero-order chi connectivity index (χ0) is 21.0. The fraction of sp³-hybridized carbons (Fsp3) is 0.273. The Balaban J connectivity index is 2.18. The van der Waals surface area contributed by atoms with Gasteiger partial charge in [-0.3, -0.25) is 14.2 Å². The lowest BCUT2D eigenvalue weighted by Gasteiger charge is -2.14. The SMILES string of the molecule is CCC(C)NC(=O)c1nn(-c2ccc(C)cc2)c(=O)n(Cc2ccccc2)c1=O. The first-order chi connectivity index (χ1) is 13.9. The number of nitrogens with one attached hydrogen (secondary N) is 1. The molecule has 0 fully saturated rings. The van der Waals surface area contributed by atoms with E-state index in [0.717, 1.165) is 20.4 Å². The first kappa shape index (κ1) is 20.3. The fourth-order valence-electron chi connectivity index (χ4n) is 2.81. The van der Waals surface area contributed by atoms with Crippen LogP contribution in [0, 0.1) is 6.92 Å². The van der Waals surface area contributed by atoms with Crippen LogP contribution < -0.4 is 16.6 Å². The summed E-state index contributed by atoms with van der Waals surface area (Å²) in [5.41, 5.74) is 0.683. The Morgan fingerprint density at radius 1 is 1.07 bits per heavy atom. The van der Waals surface area contributed by atoms with Crippen molar-refractivity contribution in [2.45, 2.75) is 39.8 Å². The lowest BCUT2D eigenvalue weighted by Crippen LogP contribution is -2.47. The third-order valence-electron chi connectivity index (χ3n) is 4.73. The summed E-state index contributed by atoms with van der Waals surface area (Å²) >= 11 is 0. The molecule has 1 heterocycles. The normalized spacial score (nSPS) is 11.8. The van der Waals surface area contributed by atoms with Crippen molar-refractivity contribution >= 4 is 5.91 Å². The molecule has 7 heteroatoms. The zero-order valence-corrected chi connectivity index (χ0v) is 16.8. The molecule has 3 rings (SSSR count). The standard InChI is InChI=1S/C22H24N4O3/c1-4-16(3)23-20(27)19-21(28)25(14-17-8-6-5-7-9-17)22(29)26(24-19)18-12-10-15(2)11-13-18/h5-13,16H,4,14H2,1-3H3,(H,23,27). The van der Waals surface area contributed by atoms with Crippen LogP contribution in [0.4, 0.5) is 0 Å². The van der Waals surface area contributed by atoms with Gasteiger partial charge < -0.3 is 5.32 Å². The Hall–Kier alpha value is -3.48. The van der Waals surface area contributed by atoms with E-state index >= 15 is 0 Å². The van der Waals surface area contributed by atoms with Crippen molar-refractivity contribution in [3.05, 3.63) is 92.3 Å². The van der Waals surface area contributed by atoms with Gasteiger partial charge >= 0.3 is 5.69 Å². The van der Waals surface area contributed by atoms with Crippen LogP contribution in [0.3, 0.4) is 0 Å². The molecule has 7 nitrogen and oxygen atoms in total. The number of hydrogen-bond donors (Lipinski definition) is 1. The van der Waals surface area contributed by atoms with E-state index in [2.05, 4.69) is 10.4 Å². The van der Waals surface area contributed by atoms with Crippen LogP contribution >= 0.6 is 0 Å². The van der Waals surface area contributed by atoms with E-state index in [1.54, 1.807) is 12.1 Å². The summed E-state index contributed by atoms with van der Waals surface area (Å²) in [5, 5.41) is 6.87. The molecule has 0 saturated carbocycles. The van der Waals surface area contributed by atoms with Gasteiger partial charge in [-0.25, -0.2) is 4.79 Å². The highest BCUT2D eigenvalue weighted by Gasteiger charge is 2.21. The van der Waals surface area contributed by atoms with E-state index < -0.39 is 17.2 Å². The molecule has 3 aromatic rings. The predicted octanol–water partition coefficient (Wildman–Crippen LogP) is 2.28. The van der Waals surface area contributed by atoms with Crippen molar-refractivity contribution in [2.75, 3.05) is 0 Å². The number of carbonyl (C=O) groups is 1. The summed E-state index contributed by atoms with van der Waals surface area (Å²) in [6, 6.07) is 16.2. The van der Waals surface area contributed by atoms with Crippen molar-refractivity contribution in [3.8, 4) is 5.69 Å². The van der Waals surface area contributed by atoms with Crippen molar-refractivity contribution < 1.29 is 4.79 Å². The van der Waals surface area contributed by atoms with Gasteiger partial charge in [0.25, 0.3) is 11.5 Å². The maximum Gasteiger partial charge on any atom is 0.352 e. The number of hydrogen-bond acceptors (Lipinski definition) is 4. The molecule has 150 valence electrons. The Morgan fingerprint density at radius 2 is 1.72 bits per heavy atom. The molecule has 0 spiro atoms. The Labute approximate surface area is 168 Å². The molecule has 2 aromatic carbocycles. The van der Waals surface area contributed by atoms with Crippen LogP contribution in [-0.4, -0.2) is 26.3 Å². The van der Waals surface area contributed by atoms with Crippen LogP contribution in [-0.2, 0) is 6.54 Å². The second-order valence-corrected chi connectivity index (χ2v) is 7.04. The third-order valence-corrected chi connectivity index (χ3v) is 4.73. The van der Waals surface area contributed by atoms with E-state index in [1.165, 1.54) is 0 Å². The summed E-state index contributed by atoms with van der Waals surface area (Å²) in [5.74, 6) is -0.591. The van der Waals surface area contributed by atoms with Gasteiger partial charge in [0.05, 0.1) is 12.2 Å². The molecular weight excluding hydrogens is 368 g/mol. The summed E-state index contributed by atoms with van der Waals surface area (Å²) in [7, 11) is 0. The zero-order valence-electron chi connectivity index (χ0n) is 16.8. The lowest BCUT2D eigenvalue weighted by atomic mass is 10.2. The molecule has 1 atom stereocenters. The highest BCUT2D eigenvalue weighted by molar-refractivity contribution is 5.91. The van der Waals surface area contributed by atoms with Gasteiger partial charge in [0.15, 0.2) is 0 Å². The maximum atomic E-state index is 13.1. The minimum absolute atomic E-state index is 0.0521. The molecule has 0 saturated heterocycles. The van der Waals surface area contributed by atoms with E-state index in [4.69, 9.17) is 0 Å². The maximum absolute atomic E-state index is 13.1. The van der Waals surface area contributed by atoms with Crippen molar-refractivity contribution in [1.29, 1.82) is 0 Å². The molecule has 1 aromatic heterocycles. The summed E-state index contributed by atoms with van der Waals surface area (Å²) in [6.45, 7) is 5.76. The van der Waals surface area contributed by atoms with Gasteiger partial charge in [-0.15, -0.1) is 0 Å². The second-order valence-electron chi connectivity index (χ2n) is 7.04. The average Bonchev–Trinajstić information content (AvgIpc) is 2.72. The number of nitrogens with zero attached hydrogens (tertiary/aromatic N) is 3. The number of carbonyl (C=O) groups excluding carboxylic acids is 1. The number of aryl methyl sites for hydroxylation is 1. The van der Waals surface area contributed by atoms with Crippen LogP contribution in [0.25, 0.3) is 5.69 Å². The van der Waals surface area contributed by atoms with Gasteiger partial charge in [0.2, 0.25) is 5.69 Å². The minimum atomic E-state index is -0.706. The minimum Gasteiger partial charge on any atom is -0.348 e. The van der Waals surface area contributed by atoms with Crippen LogP contribution in [0.5, 0.6) is 0 Å². The van der Waals surface area contributed by atoms with Gasteiger partial charge in [0.1, 0.15) is 0 Å².